The van der Waals surface area contributed by atoms with Crippen molar-refractivity contribution in [1.29, 1.82) is 0 Å². The summed E-state index contributed by atoms with van der Waals surface area (Å²) < 4.78 is 5.49. The molecule has 1 saturated heterocycles. The molecule has 0 bridgehead atoms. The van der Waals surface area contributed by atoms with E-state index in [0.29, 0.717) is 5.84 Å². The van der Waals surface area contributed by atoms with Crippen molar-refractivity contribution in [3.05, 3.63) is 0 Å². The van der Waals surface area contributed by atoms with Crippen LogP contribution < -0.4 is 5.73 Å². The minimum atomic E-state index is -0.413. The first-order chi connectivity index (χ1) is 5.56. The zero-order chi connectivity index (χ0) is 9.19. The summed E-state index contributed by atoms with van der Waals surface area (Å²) in [6.07, 6.45) is 1.52. The van der Waals surface area contributed by atoms with Crippen LogP contribution in [0.4, 0.5) is 0 Å². The van der Waals surface area contributed by atoms with Crippen molar-refractivity contribution in [1.82, 2.24) is 0 Å². The molecule has 1 heterocycles. The highest BCUT2D eigenvalue weighted by atomic mass is 16.5. The Labute approximate surface area is 72.4 Å². The van der Waals surface area contributed by atoms with Crippen LogP contribution in [0.15, 0.2) is 4.99 Å². The van der Waals surface area contributed by atoms with E-state index in [-0.39, 0.29) is 12.8 Å². The summed E-state index contributed by atoms with van der Waals surface area (Å²) in [6, 6.07) is 0. The van der Waals surface area contributed by atoms with Gasteiger partial charge in [-0.2, -0.15) is 0 Å². The number of aliphatic hydroxyl groups excluding tert-OH is 1. The average Bonchev–Trinajstić information content (AvgIpc) is 2.32. The van der Waals surface area contributed by atoms with Crippen LogP contribution in [0.25, 0.3) is 0 Å². The first kappa shape index (κ1) is 9.48. The van der Waals surface area contributed by atoms with E-state index in [1.165, 1.54) is 0 Å². The second kappa shape index (κ2) is 3.41. The molecule has 0 aromatic heterocycles. The van der Waals surface area contributed by atoms with Crippen molar-refractivity contribution in [2.45, 2.75) is 38.5 Å². The fraction of sp³-hybridized carbons (Fsp3) is 0.875. The number of rotatable bonds is 2. The van der Waals surface area contributed by atoms with Crippen molar-refractivity contribution in [2.75, 3.05) is 6.61 Å². The van der Waals surface area contributed by atoms with Crippen LogP contribution in [-0.2, 0) is 4.74 Å². The number of hydrogen-bond acceptors (Lipinski definition) is 3. The van der Waals surface area contributed by atoms with E-state index < -0.39 is 5.60 Å². The van der Waals surface area contributed by atoms with Crippen molar-refractivity contribution < 1.29 is 9.84 Å². The standard InChI is InChI=1S/C8H16N2O2/c1-6(9)10-7-3-4-8(2,5-11)12-7/h7,11H,3-5H2,1-2H3,(H2,9,10). The van der Waals surface area contributed by atoms with Gasteiger partial charge in [0.2, 0.25) is 0 Å². The van der Waals surface area contributed by atoms with Gasteiger partial charge in [0, 0.05) is 0 Å². The van der Waals surface area contributed by atoms with E-state index in [0.717, 1.165) is 12.8 Å². The maximum atomic E-state index is 8.97. The van der Waals surface area contributed by atoms with Gasteiger partial charge in [0.25, 0.3) is 0 Å². The first-order valence-electron chi connectivity index (χ1n) is 4.14. The van der Waals surface area contributed by atoms with E-state index in [1.807, 2.05) is 6.92 Å². The lowest BCUT2D eigenvalue weighted by Gasteiger charge is -2.20. The Balaban J connectivity index is 2.51. The Hall–Kier alpha value is -0.610. The third-order valence-electron chi connectivity index (χ3n) is 2.02. The number of aliphatic imine (C=N–C) groups is 1. The van der Waals surface area contributed by atoms with E-state index >= 15 is 0 Å². The summed E-state index contributed by atoms with van der Waals surface area (Å²) in [5.41, 5.74) is 5.00. The first-order valence-corrected chi connectivity index (χ1v) is 4.14. The van der Waals surface area contributed by atoms with E-state index in [1.54, 1.807) is 6.92 Å². The molecule has 0 aromatic rings. The molecule has 0 aliphatic carbocycles. The Bertz CT molecular complexity index is 189. The predicted octanol–water partition coefficient (Wildman–Crippen LogP) is 0.251. The molecule has 0 saturated carbocycles. The molecule has 2 unspecified atom stereocenters. The fourth-order valence-electron chi connectivity index (χ4n) is 1.31. The summed E-state index contributed by atoms with van der Waals surface area (Å²) in [4.78, 5) is 4.08. The Morgan fingerprint density at radius 1 is 1.83 bits per heavy atom. The number of ether oxygens (including phenoxy) is 1. The summed E-state index contributed by atoms with van der Waals surface area (Å²) >= 11 is 0. The molecule has 3 N–H and O–H groups in total. The fourth-order valence-corrected chi connectivity index (χ4v) is 1.31. The molecule has 4 nitrogen and oxygen atoms in total. The maximum absolute atomic E-state index is 8.97. The van der Waals surface area contributed by atoms with E-state index in [2.05, 4.69) is 4.99 Å². The quantitative estimate of drug-likeness (QED) is 0.463. The molecule has 1 fully saturated rings. The van der Waals surface area contributed by atoms with Crippen LogP contribution in [0.1, 0.15) is 26.7 Å². The molecule has 2 atom stereocenters. The van der Waals surface area contributed by atoms with Gasteiger partial charge in [-0.25, -0.2) is 4.99 Å². The number of nitrogens with zero attached hydrogens (tertiary/aromatic N) is 1. The van der Waals surface area contributed by atoms with Crippen LogP contribution in [0.5, 0.6) is 0 Å². The van der Waals surface area contributed by atoms with E-state index in [9.17, 15) is 0 Å². The average molecular weight is 172 g/mol. The minimum absolute atomic E-state index is 0.0443. The zero-order valence-electron chi connectivity index (χ0n) is 7.58. The van der Waals surface area contributed by atoms with Gasteiger partial charge < -0.3 is 15.6 Å². The molecule has 12 heavy (non-hydrogen) atoms. The van der Waals surface area contributed by atoms with Crippen LogP contribution in [0.2, 0.25) is 0 Å². The smallest absolute Gasteiger partial charge is 0.151 e. The summed E-state index contributed by atoms with van der Waals surface area (Å²) in [7, 11) is 0. The summed E-state index contributed by atoms with van der Waals surface area (Å²) in [5, 5.41) is 8.97. The van der Waals surface area contributed by atoms with Crippen LogP contribution in [0, 0.1) is 0 Å². The summed E-state index contributed by atoms with van der Waals surface area (Å²) in [6.45, 7) is 3.66. The van der Waals surface area contributed by atoms with Gasteiger partial charge in [-0.15, -0.1) is 0 Å². The SMILES string of the molecule is CC(N)=NC1CCC(C)(CO)O1. The second-order valence-electron chi connectivity index (χ2n) is 3.49. The van der Waals surface area contributed by atoms with Crippen LogP contribution in [-0.4, -0.2) is 29.4 Å². The highest BCUT2D eigenvalue weighted by molar-refractivity contribution is 5.77. The van der Waals surface area contributed by atoms with Crippen molar-refractivity contribution in [3.63, 3.8) is 0 Å². The third kappa shape index (κ3) is 2.19. The molecule has 0 aromatic carbocycles. The van der Waals surface area contributed by atoms with Crippen LogP contribution >= 0.6 is 0 Å². The number of aliphatic hydroxyl groups is 1. The zero-order valence-corrected chi connectivity index (χ0v) is 7.58. The van der Waals surface area contributed by atoms with Gasteiger partial charge in [-0.3, -0.25) is 0 Å². The molecule has 4 heteroatoms. The molecule has 0 spiro atoms. The highest BCUT2D eigenvalue weighted by Crippen LogP contribution is 2.29. The van der Waals surface area contributed by atoms with Crippen molar-refractivity contribution >= 4 is 5.84 Å². The predicted molar refractivity (Wildman–Crippen MR) is 46.9 cm³/mol. The molecule has 1 rings (SSSR count). The number of hydrogen-bond donors (Lipinski definition) is 2. The van der Waals surface area contributed by atoms with E-state index in [4.69, 9.17) is 15.6 Å². The van der Waals surface area contributed by atoms with Gasteiger partial charge in [0.1, 0.15) is 0 Å². The van der Waals surface area contributed by atoms with Crippen LogP contribution in [0.3, 0.4) is 0 Å². The van der Waals surface area contributed by atoms with Gasteiger partial charge in [0.15, 0.2) is 6.23 Å². The minimum Gasteiger partial charge on any atom is -0.393 e. The lowest BCUT2D eigenvalue weighted by atomic mass is 10.0. The summed E-state index contributed by atoms with van der Waals surface area (Å²) in [5.74, 6) is 0.530. The second-order valence-corrected chi connectivity index (χ2v) is 3.49. The molecular formula is C8H16N2O2. The molecule has 0 radical (unpaired) electrons. The number of nitrogens with two attached hydrogens (primary N) is 1. The monoisotopic (exact) mass is 172 g/mol. The third-order valence-corrected chi connectivity index (χ3v) is 2.02. The molecular weight excluding hydrogens is 156 g/mol. The Morgan fingerprint density at radius 2 is 2.50 bits per heavy atom. The molecule has 0 amide bonds. The number of amidine groups is 1. The lowest BCUT2D eigenvalue weighted by molar-refractivity contribution is -0.0574. The van der Waals surface area contributed by atoms with Gasteiger partial charge in [-0.1, -0.05) is 0 Å². The van der Waals surface area contributed by atoms with Crippen molar-refractivity contribution in [3.8, 4) is 0 Å². The normalized spacial score (nSPS) is 37.2. The highest BCUT2D eigenvalue weighted by Gasteiger charge is 2.35. The lowest BCUT2D eigenvalue weighted by Crippen LogP contribution is -2.29. The molecule has 1 aliphatic heterocycles. The maximum Gasteiger partial charge on any atom is 0.151 e. The largest absolute Gasteiger partial charge is 0.393 e. The van der Waals surface area contributed by atoms with Gasteiger partial charge in [-0.05, 0) is 26.7 Å². The topological polar surface area (TPSA) is 67.8 Å². The molecule has 1 aliphatic rings. The van der Waals surface area contributed by atoms with Gasteiger partial charge in [0.05, 0.1) is 18.0 Å². The van der Waals surface area contributed by atoms with Crippen molar-refractivity contribution in [2.24, 2.45) is 10.7 Å². The van der Waals surface area contributed by atoms with Gasteiger partial charge >= 0.3 is 0 Å². The Morgan fingerprint density at radius 3 is 2.92 bits per heavy atom. The Kier molecular flexibility index (Phi) is 2.69. The molecule has 70 valence electrons.